The summed E-state index contributed by atoms with van der Waals surface area (Å²) in [6, 6.07) is 18.1. The molecular weight excluding hydrogens is 286 g/mol. The van der Waals surface area contributed by atoms with Gasteiger partial charge in [-0.1, -0.05) is 37.3 Å². The maximum absolute atomic E-state index is 12.2. The molecule has 2 aromatic carbocycles. The van der Waals surface area contributed by atoms with Crippen LogP contribution in [0.15, 0.2) is 54.6 Å². The van der Waals surface area contributed by atoms with Gasteiger partial charge in [-0.25, -0.2) is 0 Å². The van der Waals surface area contributed by atoms with Gasteiger partial charge in [0.2, 0.25) is 5.91 Å². The molecule has 0 aliphatic rings. The van der Waals surface area contributed by atoms with Gasteiger partial charge >= 0.3 is 0 Å². The van der Waals surface area contributed by atoms with E-state index in [-0.39, 0.29) is 5.91 Å². The van der Waals surface area contributed by atoms with E-state index in [0.29, 0.717) is 6.54 Å². The minimum atomic E-state index is 0.0142. The van der Waals surface area contributed by atoms with Crippen LogP contribution in [-0.2, 0) is 11.3 Å². The number of likely N-dealkylation sites (N-methyl/N-ethyl adjacent to an activating group) is 1. The molecule has 2 aromatic rings. The van der Waals surface area contributed by atoms with Crippen LogP contribution in [-0.4, -0.2) is 38.0 Å². The molecule has 0 radical (unpaired) electrons. The zero-order valence-corrected chi connectivity index (χ0v) is 14.1. The van der Waals surface area contributed by atoms with Crippen LogP contribution in [0.3, 0.4) is 0 Å². The van der Waals surface area contributed by atoms with Gasteiger partial charge < -0.3 is 10.2 Å². The first kappa shape index (κ1) is 17.0. The van der Waals surface area contributed by atoms with Gasteiger partial charge in [0.25, 0.3) is 0 Å². The molecule has 1 N–H and O–H groups in total. The maximum Gasteiger partial charge on any atom is 0.238 e. The standard InChI is InChI=1S/C19H25N3O/c1-4-22(14-16-8-6-5-7-9-16)15-19(23)20-17-10-12-18(13-11-17)21(2)3/h5-13H,4,14-15H2,1-3H3,(H,20,23). The molecule has 0 saturated heterocycles. The fraction of sp³-hybridized carbons (Fsp3) is 0.316. The number of anilines is 2. The molecule has 1 amide bonds. The molecule has 0 aromatic heterocycles. The molecule has 0 heterocycles. The number of benzene rings is 2. The molecule has 23 heavy (non-hydrogen) atoms. The molecule has 0 unspecified atom stereocenters. The Labute approximate surface area is 138 Å². The van der Waals surface area contributed by atoms with Gasteiger partial charge in [-0.15, -0.1) is 0 Å². The van der Waals surface area contributed by atoms with Gasteiger partial charge in [-0.2, -0.15) is 0 Å². The Kier molecular flexibility index (Phi) is 6.18. The minimum absolute atomic E-state index is 0.0142. The number of hydrogen-bond donors (Lipinski definition) is 1. The first-order chi connectivity index (χ1) is 11.1. The predicted molar refractivity (Wildman–Crippen MR) is 96.8 cm³/mol. The van der Waals surface area contributed by atoms with Crippen molar-refractivity contribution in [1.29, 1.82) is 0 Å². The average Bonchev–Trinajstić information content (AvgIpc) is 2.55. The lowest BCUT2D eigenvalue weighted by atomic mass is 10.2. The topological polar surface area (TPSA) is 35.6 Å². The summed E-state index contributed by atoms with van der Waals surface area (Å²) in [5, 5.41) is 2.96. The molecular formula is C19H25N3O. The Bertz CT molecular complexity index is 608. The van der Waals surface area contributed by atoms with Crippen molar-refractivity contribution in [3.8, 4) is 0 Å². The largest absolute Gasteiger partial charge is 0.378 e. The summed E-state index contributed by atoms with van der Waals surface area (Å²) >= 11 is 0. The summed E-state index contributed by atoms with van der Waals surface area (Å²) in [5.74, 6) is 0.0142. The van der Waals surface area contributed by atoms with E-state index < -0.39 is 0 Å². The first-order valence-electron chi connectivity index (χ1n) is 7.92. The van der Waals surface area contributed by atoms with Crippen LogP contribution in [0.5, 0.6) is 0 Å². The van der Waals surface area contributed by atoms with Gasteiger partial charge in [0.05, 0.1) is 6.54 Å². The zero-order valence-electron chi connectivity index (χ0n) is 14.1. The van der Waals surface area contributed by atoms with Crippen LogP contribution in [0, 0.1) is 0 Å². The summed E-state index contributed by atoms with van der Waals surface area (Å²) in [4.78, 5) is 16.4. The quantitative estimate of drug-likeness (QED) is 0.853. The second-order valence-electron chi connectivity index (χ2n) is 5.78. The lowest BCUT2D eigenvalue weighted by molar-refractivity contribution is -0.117. The lowest BCUT2D eigenvalue weighted by Crippen LogP contribution is -2.32. The van der Waals surface area contributed by atoms with Crippen LogP contribution >= 0.6 is 0 Å². The van der Waals surface area contributed by atoms with Crippen molar-refractivity contribution in [3.05, 3.63) is 60.2 Å². The number of rotatable bonds is 7. The number of carbonyl (C=O) groups excluding carboxylic acids is 1. The van der Waals surface area contributed by atoms with Crippen molar-refractivity contribution in [1.82, 2.24) is 4.90 Å². The summed E-state index contributed by atoms with van der Waals surface area (Å²) in [6.07, 6.45) is 0. The number of nitrogens with one attached hydrogen (secondary N) is 1. The van der Waals surface area contributed by atoms with E-state index in [0.717, 1.165) is 24.5 Å². The average molecular weight is 311 g/mol. The molecule has 0 saturated carbocycles. The Morgan fingerprint density at radius 2 is 1.65 bits per heavy atom. The Hall–Kier alpha value is -2.33. The normalized spacial score (nSPS) is 10.6. The Morgan fingerprint density at radius 3 is 2.22 bits per heavy atom. The van der Waals surface area contributed by atoms with Crippen molar-refractivity contribution in [2.24, 2.45) is 0 Å². The number of nitrogens with zero attached hydrogens (tertiary/aromatic N) is 2. The highest BCUT2D eigenvalue weighted by atomic mass is 16.2. The summed E-state index contributed by atoms with van der Waals surface area (Å²) in [6.45, 7) is 4.08. The molecule has 4 heteroatoms. The number of carbonyl (C=O) groups is 1. The second kappa shape index (κ2) is 8.34. The van der Waals surface area contributed by atoms with Crippen LogP contribution in [0.2, 0.25) is 0 Å². The molecule has 4 nitrogen and oxygen atoms in total. The van der Waals surface area contributed by atoms with E-state index in [2.05, 4.69) is 29.3 Å². The van der Waals surface area contributed by atoms with E-state index in [1.807, 2.05) is 61.5 Å². The molecule has 122 valence electrons. The SMILES string of the molecule is CCN(CC(=O)Nc1ccc(N(C)C)cc1)Cc1ccccc1. The fourth-order valence-corrected chi connectivity index (χ4v) is 2.37. The smallest absolute Gasteiger partial charge is 0.238 e. The third-order valence-electron chi connectivity index (χ3n) is 3.73. The number of amides is 1. The van der Waals surface area contributed by atoms with E-state index in [4.69, 9.17) is 0 Å². The first-order valence-corrected chi connectivity index (χ1v) is 7.92. The monoisotopic (exact) mass is 311 g/mol. The molecule has 0 spiro atoms. The van der Waals surface area contributed by atoms with Crippen molar-refractivity contribution in [3.63, 3.8) is 0 Å². The van der Waals surface area contributed by atoms with Gasteiger partial charge in [0.1, 0.15) is 0 Å². The van der Waals surface area contributed by atoms with Gasteiger partial charge in [-0.05, 0) is 36.4 Å². The van der Waals surface area contributed by atoms with Crippen LogP contribution in [0.4, 0.5) is 11.4 Å². The van der Waals surface area contributed by atoms with E-state index in [1.165, 1.54) is 5.56 Å². The zero-order chi connectivity index (χ0) is 16.7. The molecule has 2 rings (SSSR count). The van der Waals surface area contributed by atoms with Crippen LogP contribution in [0.1, 0.15) is 12.5 Å². The fourth-order valence-electron chi connectivity index (χ4n) is 2.37. The van der Waals surface area contributed by atoms with Crippen LogP contribution < -0.4 is 10.2 Å². The Morgan fingerprint density at radius 1 is 1.00 bits per heavy atom. The third-order valence-corrected chi connectivity index (χ3v) is 3.73. The molecule has 0 fully saturated rings. The lowest BCUT2D eigenvalue weighted by Gasteiger charge is -2.20. The minimum Gasteiger partial charge on any atom is -0.378 e. The third kappa shape index (κ3) is 5.42. The van der Waals surface area contributed by atoms with Crippen molar-refractivity contribution >= 4 is 17.3 Å². The number of hydrogen-bond acceptors (Lipinski definition) is 3. The van der Waals surface area contributed by atoms with Gasteiger partial charge in [0.15, 0.2) is 0 Å². The second-order valence-corrected chi connectivity index (χ2v) is 5.78. The molecule has 0 bridgehead atoms. The summed E-state index contributed by atoms with van der Waals surface area (Å²) in [5.41, 5.74) is 3.16. The molecule has 0 atom stereocenters. The highest BCUT2D eigenvalue weighted by molar-refractivity contribution is 5.92. The predicted octanol–water partition coefficient (Wildman–Crippen LogP) is 3.21. The van der Waals surface area contributed by atoms with Crippen LogP contribution in [0.25, 0.3) is 0 Å². The van der Waals surface area contributed by atoms with Crippen molar-refractivity contribution in [2.75, 3.05) is 37.4 Å². The summed E-state index contributed by atoms with van der Waals surface area (Å²) < 4.78 is 0. The van der Waals surface area contributed by atoms with Gasteiger partial charge in [-0.3, -0.25) is 9.69 Å². The Balaban J connectivity index is 1.89. The molecule has 0 aliphatic heterocycles. The van der Waals surface area contributed by atoms with Gasteiger partial charge in [0, 0.05) is 32.0 Å². The highest BCUT2D eigenvalue weighted by Gasteiger charge is 2.10. The summed E-state index contributed by atoms with van der Waals surface area (Å²) in [7, 11) is 3.99. The van der Waals surface area contributed by atoms with Crippen molar-refractivity contribution in [2.45, 2.75) is 13.5 Å². The van der Waals surface area contributed by atoms with E-state index in [1.54, 1.807) is 0 Å². The maximum atomic E-state index is 12.2. The van der Waals surface area contributed by atoms with E-state index in [9.17, 15) is 4.79 Å². The highest BCUT2D eigenvalue weighted by Crippen LogP contribution is 2.15. The molecule has 0 aliphatic carbocycles. The van der Waals surface area contributed by atoms with E-state index >= 15 is 0 Å². The van der Waals surface area contributed by atoms with Crippen molar-refractivity contribution < 1.29 is 4.79 Å².